The molecule has 1 aromatic heterocycles. The molecule has 1 heterocycles. The zero-order chi connectivity index (χ0) is 13.9. The van der Waals surface area contributed by atoms with Crippen molar-refractivity contribution >= 4 is 21.4 Å². The second kappa shape index (κ2) is 6.35. The lowest BCUT2D eigenvalue weighted by atomic mass is 10.3. The lowest BCUT2D eigenvalue weighted by Crippen LogP contribution is -2.25. The molecule has 0 spiro atoms. The van der Waals surface area contributed by atoms with Gasteiger partial charge >= 0.3 is 0 Å². The van der Waals surface area contributed by atoms with Crippen molar-refractivity contribution in [3.63, 3.8) is 0 Å². The number of hydrogen-bond acceptors (Lipinski definition) is 4. The zero-order valence-electron chi connectivity index (χ0n) is 11.5. The average Bonchev–Trinajstić information content (AvgIpc) is 2.88. The van der Waals surface area contributed by atoms with E-state index < -0.39 is 10.0 Å². The van der Waals surface area contributed by atoms with Crippen molar-refractivity contribution in [2.75, 3.05) is 13.1 Å². The predicted octanol–water partition coefficient (Wildman–Crippen LogP) is 2.18. The van der Waals surface area contributed by atoms with Crippen LogP contribution in [0.1, 0.15) is 31.6 Å². The molecule has 1 aliphatic rings. The third kappa shape index (κ3) is 4.27. The SMILES string of the molecule is CCCNCc1ccc(S(=O)(=O)NCC2CC2C)s1. The standard InChI is InChI=1S/C13H22N2O2S2/c1-3-6-14-9-12-4-5-13(18-12)19(16,17)15-8-11-7-10(11)2/h4-5,10-11,14-15H,3,6-9H2,1-2H3. The summed E-state index contributed by atoms with van der Waals surface area (Å²) in [5.74, 6) is 1.19. The molecular weight excluding hydrogens is 280 g/mol. The third-order valence-corrected chi connectivity index (χ3v) is 6.44. The zero-order valence-corrected chi connectivity index (χ0v) is 13.1. The van der Waals surface area contributed by atoms with E-state index in [1.807, 2.05) is 6.07 Å². The molecule has 6 heteroatoms. The summed E-state index contributed by atoms with van der Waals surface area (Å²) < 4.78 is 27.3. The minimum Gasteiger partial charge on any atom is -0.312 e. The Morgan fingerprint density at radius 1 is 1.42 bits per heavy atom. The first-order valence-corrected chi connectivity index (χ1v) is 9.12. The number of sulfonamides is 1. The quantitative estimate of drug-likeness (QED) is 0.724. The van der Waals surface area contributed by atoms with Crippen LogP contribution in [0, 0.1) is 11.8 Å². The monoisotopic (exact) mass is 302 g/mol. The normalized spacial score (nSPS) is 22.6. The van der Waals surface area contributed by atoms with E-state index in [1.165, 1.54) is 11.3 Å². The highest BCUT2D eigenvalue weighted by atomic mass is 32.2. The van der Waals surface area contributed by atoms with Crippen molar-refractivity contribution in [2.24, 2.45) is 11.8 Å². The average molecular weight is 302 g/mol. The van der Waals surface area contributed by atoms with E-state index in [9.17, 15) is 8.42 Å². The van der Waals surface area contributed by atoms with Crippen LogP contribution in [0.5, 0.6) is 0 Å². The molecule has 0 bridgehead atoms. The van der Waals surface area contributed by atoms with Gasteiger partial charge in [0.1, 0.15) is 4.21 Å². The summed E-state index contributed by atoms with van der Waals surface area (Å²) >= 11 is 1.35. The van der Waals surface area contributed by atoms with Gasteiger partial charge in [-0.05, 0) is 43.4 Å². The van der Waals surface area contributed by atoms with Gasteiger partial charge in [0.05, 0.1) is 0 Å². The molecule has 2 N–H and O–H groups in total. The molecule has 0 aliphatic heterocycles. The Bertz CT molecular complexity index is 510. The van der Waals surface area contributed by atoms with Crippen LogP contribution in [0.4, 0.5) is 0 Å². The fraction of sp³-hybridized carbons (Fsp3) is 0.692. The van der Waals surface area contributed by atoms with E-state index >= 15 is 0 Å². The number of rotatable bonds is 8. The minimum atomic E-state index is -3.31. The van der Waals surface area contributed by atoms with Gasteiger partial charge in [0, 0.05) is 18.0 Å². The molecule has 0 amide bonds. The summed E-state index contributed by atoms with van der Waals surface area (Å²) in [6, 6.07) is 3.59. The van der Waals surface area contributed by atoms with Crippen LogP contribution in [0.15, 0.2) is 16.3 Å². The Balaban J connectivity index is 1.88. The number of nitrogens with one attached hydrogen (secondary N) is 2. The van der Waals surface area contributed by atoms with E-state index in [4.69, 9.17) is 0 Å². The lowest BCUT2D eigenvalue weighted by molar-refractivity contribution is 0.576. The van der Waals surface area contributed by atoms with Gasteiger partial charge in [-0.25, -0.2) is 13.1 Å². The summed E-state index contributed by atoms with van der Waals surface area (Å²) in [6.07, 6.45) is 2.22. The first-order valence-electron chi connectivity index (χ1n) is 6.82. The van der Waals surface area contributed by atoms with Gasteiger partial charge in [-0.2, -0.15) is 0 Å². The maximum atomic E-state index is 12.1. The number of thiophene rings is 1. The summed E-state index contributed by atoms with van der Waals surface area (Å²) in [7, 11) is -3.31. The number of hydrogen-bond donors (Lipinski definition) is 2. The molecule has 0 aromatic carbocycles. The highest BCUT2D eigenvalue weighted by Gasteiger charge is 2.33. The van der Waals surface area contributed by atoms with Gasteiger partial charge in [0.2, 0.25) is 10.0 Å². The van der Waals surface area contributed by atoms with Gasteiger partial charge in [0.15, 0.2) is 0 Å². The minimum absolute atomic E-state index is 0.425. The van der Waals surface area contributed by atoms with Crippen molar-refractivity contribution in [1.82, 2.24) is 10.0 Å². The summed E-state index contributed by atoms with van der Waals surface area (Å²) in [5, 5.41) is 3.28. The molecule has 0 saturated heterocycles. The van der Waals surface area contributed by atoms with Gasteiger partial charge in [0.25, 0.3) is 0 Å². The van der Waals surface area contributed by atoms with Crippen LogP contribution in [-0.2, 0) is 16.6 Å². The molecule has 19 heavy (non-hydrogen) atoms. The van der Waals surface area contributed by atoms with Crippen molar-refractivity contribution in [3.05, 3.63) is 17.0 Å². The molecular formula is C13H22N2O2S2. The van der Waals surface area contributed by atoms with Crippen LogP contribution >= 0.6 is 11.3 Å². The van der Waals surface area contributed by atoms with Crippen LogP contribution in [0.3, 0.4) is 0 Å². The van der Waals surface area contributed by atoms with Crippen LogP contribution < -0.4 is 10.0 Å². The maximum absolute atomic E-state index is 12.1. The fourth-order valence-electron chi connectivity index (χ4n) is 1.96. The van der Waals surface area contributed by atoms with Crippen molar-refractivity contribution < 1.29 is 8.42 Å². The van der Waals surface area contributed by atoms with E-state index in [0.29, 0.717) is 22.6 Å². The first-order chi connectivity index (χ1) is 9.03. The predicted molar refractivity (Wildman–Crippen MR) is 78.8 cm³/mol. The summed E-state index contributed by atoms with van der Waals surface area (Å²) in [6.45, 7) is 6.54. The Morgan fingerprint density at radius 3 is 2.79 bits per heavy atom. The molecule has 2 atom stereocenters. The Kier molecular flexibility index (Phi) is 5.00. The summed E-state index contributed by atoms with van der Waals surface area (Å²) in [4.78, 5) is 1.06. The van der Waals surface area contributed by atoms with Crippen molar-refractivity contribution in [3.8, 4) is 0 Å². The third-order valence-electron chi connectivity index (χ3n) is 3.44. The van der Waals surface area contributed by atoms with Crippen molar-refractivity contribution in [2.45, 2.75) is 37.4 Å². The van der Waals surface area contributed by atoms with Gasteiger partial charge in [-0.3, -0.25) is 0 Å². The van der Waals surface area contributed by atoms with Gasteiger partial charge in [-0.1, -0.05) is 13.8 Å². The Morgan fingerprint density at radius 2 is 2.16 bits per heavy atom. The van der Waals surface area contributed by atoms with Crippen molar-refractivity contribution in [1.29, 1.82) is 0 Å². The Labute approximate surface area is 119 Å². The lowest BCUT2D eigenvalue weighted by Gasteiger charge is -2.03. The second-order valence-corrected chi connectivity index (χ2v) is 8.38. The molecule has 2 rings (SSSR count). The van der Waals surface area contributed by atoms with E-state index in [0.717, 1.165) is 30.8 Å². The maximum Gasteiger partial charge on any atom is 0.250 e. The largest absolute Gasteiger partial charge is 0.312 e. The van der Waals surface area contributed by atoms with E-state index in [2.05, 4.69) is 23.9 Å². The van der Waals surface area contributed by atoms with Crippen LogP contribution in [0.25, 0.3) is 0 Å². The fourth-order valence-corrected chi connectivity index (χ4v) is 4.42. The van der Waals surface area contributed by atoms with Crippen LogP contribution in [0.2, 0.25) is 0 Å². The molecule has 1 aromatic rings. The smallest absolute Gasteiger partial charge is 0.250 e. The molecule has 1 fully saturated rings. The van der Waals surface area contributed by atoms with Gasteiger partial charge < -0.3 is 5.32 Å². The van der Waals surface area contributed by atoms with Gasteiger partial charge in [-0.15, -0.1) is 11.3 Å². The van der Waals surface area contributed by atoms with E-state index in [-0.39, 0.29) is 0 Å². The molecule has 4 nitrogen and oxygen atoms in total. The summed E-state index contributed by atoms with van der Waals surface area (Å²) in [5.41, 5.74) is 0. The van der Waals surface area contributed by atoms with Crippen LogP contribution in [-0.4, -0.2) is 21.5 Å². The highest BCUT2D eigenvalue weighted by molar-refractivity contribution is 7.91. The molecule has 0 radical (unpaired) electrons. The molecule has 1 saturated carbocycles. The topological polar surface area (TPSA) is 58.2 Å². The molecule has 108 valence electrons. The molecule has 2 unspecified atom stereocenters. The second-order valence-electron chi connectivity index (χ2n) is 5.22. The molecule has 1 aliphatic carbocycles. The van der Waals surface area contributed by atoms with E-state index in [1.54, 1.807) is 6.07 Å². The Hall–Kier alpha value is -0.430. The highest BCUT2D eigenvalue weighted by Crippen LogP contribution is 2.37. The first kappa shape index (κ1) is 15.0.